The van der Waals surface area contributed by atoms with Crippen molar-refractivity contribution >= 4 is 33.6 Å². The van der Waals surface area contributed by atoms with Gasteiger partial charge in [-0.1, -0.05) is 46.3 Å². The Morgan fingerprint density at radius 1 is 1.17 bits per heavy atom. The van der Waals surface area contributed by atoms with Crippen molar-refractivity contribution in [2.45, 2.75) is 31.2 Å². The average Bonchev–Trinajstić information content (AvgIpc) is 2.52. The molecule has 1 N–H and O–H groups in total. The van der Waals surface area contributed by atoms with Crippen LogP contribution in [-0.4, -0.2) is 22.5 Å². The lowest BCUT2D eigenvalue weighted by molar-refractivity contribution is 0.0635. The summed E-state index contributed by atoms with van der Waals surface area (Å²) in [6.07, 6.45) is 0.946. The number of halogens is 1. The number of hydrogen-bond acceptors (Lipinski definition) is 4. The van der Waals surface area contributed by atoms with Crippen LogP contribution in [0.3, 0.4) is 0 Å². The number of carbonyl (C=O) groups is 2. The molecule has 5 nitrogen and oxygen atoms in total. The van der Waals surface area contributed by atoms with Crippen molar-refractivity contribution in [3.05, 3.63) is 59.8 Å². The minimum Gasteiger partial charge on any atom is -0.444 e. The first-order valence-electron chi connectivity index (χ1n) is 7.45. The van der Waals surface area contributed by atoms with Crippen molar-refractivity contribution in [1.29, 1.82) is 0 Å². The predicted octanol–water partition coefficient (Wildman–Crippen LogP) is 4.75. The molecule has 0 bridgehead atoms. The van der Waals surface area contributed by atoms with E-state index >= 15 is 0 Å². The molecule has 6 heteroatoms. The second-order valence-electron chi connectivity index (χ2n) is 6.19. The van der Waals surface area contributed by atoms with E-state index in [-0.39, 0.29) is 5.78 Å². The van der Waals surface area contributed by atoms with Gasteiger partial charge in [0.1, 0.15) is 16.2 Å². The highest BCUT2D eigenvalue weighted by atomic mass is 79.9. The maximum atomic E-state index is 12.5. The highest BCUT2D eigenvalue weighted by Gasteiger charge is 2.20. The third-order valence-electron chi connectivity index (χ3n) is 2.99. The quantitative estimate of drug-likeness (QED) is 0.604. The van der Waals surface area contributed by atoms with Crippen molar-refractivity contribution in [3.63, 3.8) is 0 Å². The van der Waals surface area contributed by atoms with Crippen molar-refractivity contribution in [3.8, 4) is 0 Å². The number of hydrogen-bond donors (Lipinski definition) is 1. The van der Waals surface area contributed by atoms with E-state index in [0.717, 1.165) is 0 Å². The zero-order chi connectivity index (χ0) is 17.7. The van der Waals surface area contributed by atoms with Crippen molar-refractivity contribution in [2.75, 3.05) is 5.32 Å². The minimum atomic E-state index is -0.594. The molecule has 2 rings (SSSR count). The third kappa shape index (κ3) is 5.16. The number of benzene rings is 1. The highest BCUT2D eigenvalue weighted by molar-refractivity contribution is 9.09. The van der Waals surface area contributed by atoms with E-state index in [1.165, 1.54) is 6.20 Å². The number of rotatable bonds is 4. The van der Waals surface area contributed by atoms with Gasteiger partial charge in [-0.25, -0.2) is 9.78 Å². The van der Waals surface area contributed by atoms with Gasteiger partial charge in [-0.2, -0.15) is 0 Å². The monoisotopic (exact) mass is 390 g/mol. The Kier molecular flexibility index (Phi) is 5.72. The fraction of sp³-hybridized carbons (Fsp3) is 0.278. The lowest BCUT2D eigenvalue weighted by atomic mass is 10.0. The molecule has 0 spiro atoms. The molecular weight excluding hydrogens is 372 g/mol. The van der Waals surface area contributed by atoms with Gasteiger partial charge in [0, 0.05) is 11.8 Å². The summed E-state index contributed by atoms with van der Waals surface area (Å²) in [5, 5.41) is 2.57. The number of carbonyl (C=O) groups excluding carboxylic acids is 2. The van der Waals surface area contributed by atoms with Crippen LogP contribution in [0.25, 0.3) is 0 Å². The molecule has 0 fully saturated rings. The second-order valence-corrected chi connectivity index (χ2v) is 7.11. The zero-order valence-corrected chi connectivity index (χ0v) is 15.3. The highest BCUT2D eigenvalue weighted by Crippen LogP contribution is 2.28. The number of ketones is 1. The van der Waals surface area contributed by atoms with Crippen LogP contribution in [0.15, 0.2) is 48.7 Å². The standard InChI is InChI=1S/C18H19BrN2O3/c1-18(2,3)24-17(23)21-14-11-13(9-10-20-14)15(19)16(22)12-7-5-4-6-8-12/h4-11,15H,1-3H3,(H,20,21,23). The maximum Gasteiger partial charge on any atom is 0.413 e. The number of ether oxygens (including phenoxy) is 1. The average molecular weight is 391 g/mol. The predicted molar refractivity (Wildman–Crippen MR) is 96.5 cm³/mol. The minimum absolute atomic E-state index is 0.0648. The first kappa shape index (κ1) is 18.1. The molecule has 0 saturated carbocycles. The number of anilines is 1. The molecule has 1 amide bonds. The van der Waals surface area contributed by atoms with Crippen LogP contribution in [0, 0.1) is 0 Å². The van der Waals surface area contributed by atoms with Gasteiger partial charge in [-0.3, -0.25) is 10.1 Å². The number of pyridine rings is 1. The molecule has 1 atom stereocenters. The van der Waals surface area contributed by atoms with Gasteiger partial charge in [0.2, 0.25) is 0 Å². The zero-order valence-electron chi connectivity index (χ0n) is 13.7. The van der Waals surface area contributed by atoms with E-state index in [9.17, 15) is 9.59 Å². The molecule has 0 radical (unpaired) electrons. The summed E-state index contributed by atoms with van der Waals surface area (Å²) in [5.74, 6) is 0.261. The first-order valence-corrected chi connectivity index (χ1v) is 8.37. The van der Waals surface area contributed by atoms with Gasteiger partial charge < -0.3 is 4.74 Å². The summed E-state index contributed by atoms with van der Waals surface area (Å²) in [6, 6.07) is 12.4. The van der Waals surface area contributed by atoms with E-state index in [1.807, 2.05) is 18.2 Å². The summed E-state index contributed by atoms with van der Waals surface area (Å²) in [5.41, 5.74) is 0.714. The smallest absolute Gasteiger partial charge is 0.413 e. The molecular formula is C18H19BrN2O3. The van der Waals surface area contributed by atoms with E-state index in [0.29, 0.717) is 16.9 Å². The molecule has 1 heterocycles. The third-order valence-corrected chi connectivity index (χ3v) is 3.94. The lowest BCUT2D eigenvalue weighted by Crippen LogP contribution is -2.27. The van der Waals surface area contributed by atoms with E-state index < -0.39 is 16.5 Å². The van der Waals surface area contributed by atoms with Crippen molar-refractivity contribution in [1.82, 2.24) is 4.98 Å². The fourth-order valence-corrected chi connectivity index (χ4v) is 2.53. The van der Waals surface area contributed by atoms with E-state index in [1.54, 1.807) is 45.0 Å². The second kappa shape index (κ2) is 7.57. The summed E-state index contributed by atoms with van der Waals surface area (Å²) in [6.45, 7) is 5.34. The van der Waals surface area contributed by atoms with Gasteiger partial charge in [0.25, 0.3) is 0 Å². The number of amides is 1. The molecule has 1 unspecified atom stereocenters. The molecule has 1 aromatic heterocycles. The SMILES string of the molecule is CC(C)(C)OC(=O)Nc1cc(C(Br)C(=O)c2ccccc2)ccn1. The van der Waals surface area contributed by atoms with Crippen LogP contribution in [-0.2, 0) is 4.74 Å². The first-order chi connectivity index (χ1) is 11.3. The van der Waals surface area contributed by atoms with E-state index in [2.05, 4.69) is 26.2 Å². The van der Waals surface area contributed by atoms with Crippen LogP contribution < -0.4 is 5.32 Å². The summed E-state index contributed by atoms with van der Waals surface area (Å²) >= 11 is 3.42. The Labute approximate surface area is 149 Å². The fourth-order valence-electron chi connectivity index (χ4n) is 1.98. The number of nitrogens with zero attached hydrogens (tertiary/aromatic N) is 1. The molecule has 126 valence electrons. The Morgan fingerprint density at radius 3 is 2.46 bits per heavy atom. The summed E-state index contributed by atoms with van der Waals surface area (Å²) in [7, 11) is 0. The van der Waals surface area contributed by atoms with Gasteiger partial charge in [0.05, 0.1) is 0 Å². The van der Waals surface area contributed by atoms with Crippen LogP contribution in [0.1, 0.15) is 41.5 Å². The van der Waals surface area contributed by atoms with Crippen molar-refractivity contribution < 1.29 is 14.3 Å². The van der Waals surface area contributed by atoms with Gasteiger partial charge in [-0.15, -0.1) is 0 Å². The summed E-state index contributed by atoms with van der Waals surface area (Å²) in [4.78, 5) is 27.9. The lowest BCUT2D eigenvalue weighted by Gasteiger charge is -2.19. The largest absolute Gasteiger partial charge is 0.444 e. The van der Waals surface area contributed by atoms with E-state index in [4.69, 9.17) is 4.74 Å². The Balaban J connectivity index is 2.12. The Bertz CT molecular complexity index is 727. The topological polar surface area (TPSA) is 68.3 Å². The summed E-state index contributed by atoms with van der Waals surface area (Å²) < 4.78 is 5.19. The molecule has 0 aliphatic carbocycles. The maximum absolute atomic E-state index is 12.5. The molecule has 1 aromatic carbocycles. The molecule has 0 aliphatic rings. The number of alkyl halides is 1. The molecule has 0 saturated heterocycles. The number of aromatic nitrogens is 1. The van der Waals surface area contributed by atoms with Gasteiger partial charge in [0.15, 0.2) is 5.78 Å². The van der Waals surface area contributed by atoms with Crippen LogP contribution in [0.5, 0.6) is 0 Å². The molecule has 0 aliphatic heterocycles. The molecule has 2 aromatic rings. The normalized spacial score (nSPS) is 12.3. The van der Waals surface area contributed by atoms with Gasteiger partial charge >= 0.3 is 6.09 Å². The Hall–Kier alpha value is -2.21. The number of nitrogens with one attached hydrogen (secondary N) is 1. The molecule has 24 heavy (non-hydrogen) atoms. The van der Waals surface area contributed by atoms with Crippen LogP contribution in [0.2, 0.25) is 0 Å². The Morgan fingerprint density at radius 2 is 1.83 bits per heavy atom. The van der Waals surface area contributed by atoms with Crippen LogP contribution in [0.4, 0.5) is 10.6 Å². The number of Topliss-reactive ketones (excluding diaryl/α,β-unsaturated/α-hetero) is 1. The van der Waals surface area contributed by atoms with Crippen LogP contribution >= 0.6 is 15.9 Å². The van der Waals surface area contributed by atoms with Crippen molar-refractivity contribution in [2.24, 2.45) is 0 Å². The van der Waals surface area contributed by atoms with Gasteiger partial charge in [-0.05, 0) is 38.5 Å².